The van der Waals surface area contributed by atoms with Crippen molar-refractivity contribution in [2.75, 3.05) is 13.1 Å². The van der Waals surface area contributed by atoms with Crippen molar-refractivity contribution in [3.05, 3.63) is 0 Å². The first-order valence-corrected chi connectivity index (χ1v) is 7.83. The molecule has 0 aromatic heterocycles. The Labute approximate surface area is 121 Å². The second-order valence-corrected chi connectivity index (χ2v) is 6.46. The Kier molecular flexibility index (Phi) is 5.02. The quantitative estimate of drug-likeness (QED) is 0.806. The lowest BCUT2D eigenvalue weighted by atomic mass is 9.99. The molecule has 0 aromatic carbocycles. The molecule has 1 aliphatic heterocycles. The van der Waals surface area contributed by atoms with E-state index in [0.29, 0.717) is 0 Å². The van der Waals surface area contributed by atoms with Gasteiger partial charge in [0.15, 0.2) is 0 Å². The summed E-state index contributed by atoms with van der Waals surface area (Å²) in [5.41, 5.74) is 5.97. The summed E-state index contributed by atoms with van der Waals surface area (Å²) in [7, 11) is 0. The molecule has 0 spiro atoms. The number of carbonyl (C=O) groups excluding carboxylic acids is 2. The highest BCUT2D eigenvalue weighted by Crippen LogP contribution is 2.24. The van der Waals surface area contributed by atoms with Crippen LogP contribution in [-0.2, 0) is 9.59 Å². The molecular formula is C15H27N3O2. The van der Waals surface area contributed by atoms with Gasteiger partial charge >= 0.3 is 0 Å². The maximum atomic E-state index is 12.2. The van der Waals surface area contributed by atoms with E-state index in [2.05, 4.69) is 5.32 Å². The fourth-order valence-corrected chi connectivity index (χ4v) is 3.23. The van der Waals surface area contributed by atoms with Crippen molar-refractivity contribution in [1.82, 2.24) is 10.2 Å². The van der Waals surface area contributed by atoms with Crippen molar-refractivity contribution < 1.29 is 9.59 Å². The lowest BCUT2D eigenvalue weighted by Gasteiger charge is -2.34. The number of hydrogen-bond acceptors (Lipinski definition) is 3. The van der Waals surface area contributed by atoms with Gasteiger partial charge in [0.25, 0.3) is 0 Å². The first-order chi connectivity index (χ1) is 9.49. The van der Waals surface area contributed by atoms with Crippen LogP contribution < -0.4 is 11.1 Å². The van der Waals surface area contributed by atoms with E-state index < -0.39 is 0 Å². The van der Waals surface area contributed by atoms with Crippen molar-refractivity contribution in [2.24, 2.45) is 17.6 Å². The van der Waals surface area contributed by atoms with Crippen molar-refractivity contribution in [3.63, 3.8) is 0 Å². The zero-order chi connectivity index (χ0) is 14.7. The Hall–Kier alpha value is -1.10. The Bertz CT molecular complexity index is 362. The van der Waals surface area contributed by atoms with Crippen molar-refractivity contribution in [1.29, 1.82) is 0 Å². The van der Waals surface area contributed by atoms with Crippen LogP contribution in [0.15, 0.2) is 0 Å². The zero-order valence-electron chi connectivity index (χ0n) is 12.6. The molecule has 20 heavy (non-hydrogen) atoms. The normalized spacial score (nSPS) is 27.9. The topological polar surface area (TPSA) is 75.4 Å². The summed E-state index contributed by atoms with van der Waals surface area (Å²) in [5, 5.41) is 3.12. The van der Waals surface area contributed by atoms with Gasteiger partial charge in [-0.1, -0.05) is 20.3 Å². The molecule has 0 bridgehead atoms. The number of likely N-dealkylation sites (tertiary alicyclic amines) is 1. The molecule has 2 unspecified atom stereocenters. The first-order valence-electron chi connectivity index (χ1n) is 7.83. The second-order valence-electron chi connectivity index (χ2n) is 6.46. The van der Waals surface area contributed by atoms with Crippen LogP contribution in [0.1, 0.15) is 46.0 Å². The molecule has 2 atom stereocenters. The van der Waals surface area contributed by atoms with Crippen LogP contribution in [0.3, 0.4) is 0 Å². The maximum Gasteiger partial charge on any atom is 0.225 e. The molecule has 1 saturated heterocycles. The van der Waals surface area contributed by atoms with Gasteiger partial charge in [0, 0.05) is 31.1 Å². The van der Waals surface area contributed by atoms with Gasteiger partial charge in [-0.15, -0.1) is 0 Å². The SMILES string of the molecule is CC(C)C(=O)N1CCC(NC(=O)C2CCCC2N)CC1. The second kappa shape index (κ2) is 6.57. The van der Waals surface area contributed by atoms with Gasteiger partial charge in [0.2, 0.25) is 11.8 Å². The average molecular weight is 281 g/mol. The Morgan fingerprint density at radius 3 is 2.30 bits per heavy atom. The van der Waals surface area contributed by atoms with Crippen LogP contribution in [0.5, 0.6) is 0 Å². The molecule has 0 aromatic rings. The number of nitrogens with one attached hydrogen (secondary N) is 1. The molecule has 5 nitrogen and oxygen atoms in total. The third kappa shape index (κ3) is 3.51. The molecule has 2 aliphatic rings. The van der Waals surface area contributed by atoms with Gasteiger partial charge in [-0.05, 0) is 25.7 Å². The molecule has 1 aliphatic carbocycles. The van der Waals surface area contributed by atoms with Crippen LogP contribution in [0, 0.1) is 11.8 Å². The molecule has 2 amide bonds. The predicted molar refractivity (Wildman–Crippen MR) is 77.9 cm³/mol. The van der Waals surface area contributed by atoms with E-state index in [1.54, 1.807) is 0 Å². The average Bonchev–Trinajstić information content (AvgIpc) is 2.85. The fraction of sp³-hybridized carbons (Fsp3) is 0.867. The summed E-state index contributed by atoms with van der Waals surface area (Å²) in [6, 6.07) is 0.226. The standard InChI is InChI=1S/C15H27N3O2/c1-10(2)15(20)18-8-6-11(7-9-18)17-14(19)12-4-3-5-13(12)16/h10-13H,3-9,16H2,1-2H3,(H,17,19). The Morgan fingerprint density at radius 2 is 1.80 bits per heavy atom. The van der Waals surface area contributed by atoms with Crippen LogP contribution in [0.2, 0.25) is 0 Å². The highest BCUT2D eigenvalue weighted by molar-refractivity contribution is 5.80. The van der Waals surface area contributed by atoms with Gasteiger partial charge < -0.3 is 16.0 Å². The lowest BCUT2D eigenvalue weighted by Crippen LogP contribution is -2.49. The first kappa shape index (κ1) is 15.3. The highest BCUT2D eigenvalue weighted by atomic mass is 16.2. The van der Waals surface area contributed by atoms with E-state index in [4.69, 9.17) is 5.73 Å². The molecule has 2 fully saturated rings. The van der Waals surface area contributed by atoms with Crippen LogP contribution in [-0.4, -0.2) is 41.9 Å². The van der Waals surface area contributed by atoms with E-state index in [1.807, 2.05) is 18.7 Å². The highest BCUT2D eigenvalue weighted by Gasteiger charge is 2.32. The van der Waals surface area contributed by atoms with E-state index >= 15 is 0 Å². The molecule has 1 saturated carbocycles. The van der Waals surface area contributed by atoms with Crippen LogP contribution in [0.4, 0.5) is 0 Å². The van der Waals surface area contributed by atoms with Crippen LogP contribution >= 0.6 is 0 Å². The van der Waals surface area contributed by atoms with Gasteiger partial charge in [0.1, 0.15) is 0 Å². The molecular weight excluding hydrogens is 254 g/mol. The van der Waals surface area contributed by atoms with E-state index in [0.717, 1.165) is 45.2 Å². The van der Waals surface area contributed by atoms with E-state index in [1.165, 1.54) is 0 Å². The summed E-state index contributed by atoms with van der Waals surface area (Å²) < 4.78 is 0. The smallest absolute Gasteiger partial charge is 0.225 e. The van der Waals surface area contributed by atoms with Crippen molar-refractivity contribution in [2.45, 2.75) is 58.0 Å². The van der Waals surface area contributed by atoms with E-state index in [-0.39, 0.29) is 35.7 Å². The monoisotopic (exact) mass is 281 g/mol. The summed E-state index contributed by atoms with van der Waals surface area (Å²) in [6.45, 7) is 5.35. The van der Waals surface area contributed by atoms with Gasteiger partial charge in [-0.3, -0.25) is 9.59 Å². The summed E-state index contributed by atoms with van der Waals surface area (Å²) in [6.07, 6.45) is 4.63. The number of carbonyl (C=O) groups is 2. The molecule has 1 heterocycles. The number of amides is 2. The molecule has 5 heteroatoms. The summed E-state index contributed by atoms with van der Waals surface area (Å²) >= 11 is 0. The van der Waals surface area contributed by atoms with Crippen molar-refractivity contribution >= 4 is 11.8 Å². The molecule has 2 rings (SSSR count). The van der Waals surface area contributed by atoms with E-state index in [9.17, 15) is 9.59 Å². The minimum Gasteiger partial charge on any atom is -0.353 e. The number of hydrogen-bond donors (Lipinski definition) is 2. The summed E-state index contributed by atoms with van der Waals surface area (Å²) in [5.74, 6) is 0.374. The largest absolute Gasteiger partial charge is 0.353 e. The fourth-order valence-electron chi connectivity index (χ4n) is 3.23. The minimum absolute atomic E-state index is 0.00896. The third-order valence-corrected chi connectivity index (χ3v) is 4.55. The van der Waals surface area contributed by atoms with Gasteiger partial charge in [0.05, 0.1) is 5.92 Å². The number of piperidine rings is 1. The third-order valence-electron chi connectivity index (χ3n) is 4.55. The number of nitrogens with zero attached hydrogens (tertiary/aromatic N) is 1. The molecule has 114 valence electrons. The van der Waals surface area contributed by atoms with Gasteiger partial charge in [-0.25, -0.2) is 0 Å². The lowest BCUT2D eigenvalue weighted by molar-refractivity contribution is -0.135. The number of nitrogens with two attached hydrogens (primary N) is 1. The Morgan fingerprint density at radius 1 is 1.15 bits per heavy atom. The van der Waals surface area contributed by atoms with Gasteiger partial charge in [-0.2, -0.15) is 0 Å². The minimum atomic E-state index is -0.00896. The number of rotatable bonds is 3. The maximum absolute atomic E-state index is 12.2. The molecule has 0 radical (unpaired) electrons. The zero-order valence-corrected chi connectivity index (χ0v) is 12.6. The predicted octanol–water partition coefficient (Wildman–Crippen LogP) is 0.877. The molecule has 3 N–H and O–H groups in total. The van der Waals surface area contributed by atoms with Crippen LogP contribution in [0.25, 0.3) is 0 Å². The Balaban J connectivity index is 1.77. The van der Waals surface area contributed by atoms with Crippen molar-refractivity contribution in [3.8, 4) is 0 Å². The summed E-state index contributed by atoms with van der Waals surface area (Å²) in [4.78, 5) is 26.0.